The van der Waals surface area contributed by atoms with E-state index in [2.05, 4.69) is 30.4 Å². The third-order valence-electron chi connectivity index (χ3n) is 6.66. The van der Waals surface area contributed by atoms with Crippen molar-refractivity contribution in [1.29, 1.82) is 0 Å². The molecule has 4 aromatic rings. The van der Waals surface area contributed by atoms with E-state index in [-0.39, 0.29) is 5.56 Å². The van der Waals surface area contributed by atoms with E-state index in [1.807, 2.05) is 13.0 Å². The standard InChI is InChI=1S/C28H27F4N7O2/c1-16-34-23(15-25(35-16)39-9-11-41-12-10-39)36-24-14-18(37-38-24)7-5-17-6-8-22(29)20(13-17)26-19(27(33)40)3-2-4-21(26)28(30,31)32/h2-4,6,8,13-15H,5,7,9-12H2,1H3,(H2,33,40)(H2,34,35,36,37,38). The van der Waals surface area contributed by atoms with Crippen molar-refractivity contribution in [3.63, 3.8) is 0 Å². The molecule has 1 aliphatic heterocycles. The van der Waals surface area contributed by atoms with Crippen LogP contribution >= 0.6 is 0 Å². The quantitative estimate of drug-likeness (QED) is 0.261. The van der Waals surface area contributed by atoms with Gasteiger partial charge in [0, 0.05) is 47.6 Å². The normalized spacial score (nSPS) is 13.8. The molecule has 1 saturated heterocycles. The zero-order valence-electron chi connectivity index (χ0n) is 22.1. The van der Waals surface area contributed by atoms with E-state index >= 15 is 0 Å². The molecule has 41 heavy (non-hydrogen) atoms. The van der Waals surface area contributed by atoms with Gasteiger partial charge < -0.3 is 20.7 Å². The zero-order chi connectivity index (χ0) is 29.1. The molecule has 0 spiro atoms. The summed E-state index contributed by atoms with van der Waals surface area (Å²) in [7, 11) is 0. The number of nitrogens with one attached hydrogen (secondary N) is 2. The van der Waals surface area contributed by atoms with Crippen molar-refractivity contribution in [3.05, 3.63) is 82.6 Å². The van der Waals surface area contributed by atoms with Crippen molar-refractivity contribution in [2.45, 2.75) is 25.9 Å². The number of nitrogens with zero attached hydrogens (tertiary/aromatic N) is 4. The highest BCUT2D eigenvalue weighted by Crippen LogP contribution is 2.40. The first-order valence-corrected chi connectivity index (χ1v) is 12.9. The SMILES string of the molecule is Cc1nc(Nc2cc(CCc3ccc(F)c(-c4c(C(N)=O)cccc4C(F)(F)F)c3)[nH]n2)cc(N2CCOCC2)n1. The van der Waals surface area contributed by atoms with Gasteiger partial charge >= 0.3 is 6.18 Å². The molecule has 9 nitrogen and oxygen atoms in total. The maximum Gasteiger partial charge on any atom is 0.417 e. The van der Waals surface area contributed by atoms with Crippen LogP contribution in [0.15, 0.2) is 48.5 Å². The molecule has 0 aliphatic carbocycles. The predicted molar refractivity (Wildman–Crippen MR) is 144 cm³/mol. The Morgan fingerprint density at radius 3 is 2.59 bits per heavy atom. The fourth-order valence-electron chi connectivity index (χ4n) is 4.74. The van der Waals surface area contributed by atoms with Crippen LogP contribution in [0, 0.1) is 12.7 Å². The third-order valence-corrected chi connectivity index (χ3v) is 6.66. The van der Waals surface area contributed by atoms with Crippen molar-refractivity contribution >= 4 is 23.4 Å². The Labute approximate surface area is 232 Å². The van der Waals surface area contributed by atoms with Gasteiger partial charge in [0.1, 0.15) is 23.3 Å². The predicted octanol–water partition coefficient (Wildman–Crippen LogP) is 4.80. The number of hydrogen-bond acceptors (Lipinski definition) is 7. The molecule has 1 amide bonds. The van der Waals surface area contributed by atoms with Crippen LogP contribution in [-0.2, 0) is 23.8 Å². The Morgan fingerprint density at radius 2 is 1.85 bits per heavy atom. The fourth-order valence-corrected chi connectivity index (χ4v) is 4.74. The van der Waals surface area contributed by atoms with Gasteiger partial charge in [-0.05, 0) is 49.6 Å². The fraction of sp³-hybridized carbons (Fsp3) is 0.286. The van der Waals surface area contributed by atoms with E-state index in [4.69, 9.17) is 10.5 Å². The van der Waals surface area contributed by atoms with Crippen LogP contribution in [0.4, 0.5) is 35.0 Å². The monoisotopic (exact) mass is 569 g/mol. The smallest absolute Gasteiger partial charge is 0.378 e. The number of aromatic amines is 1. The summed E-state index contributed by atoms with van der Waals surface area (Å²) in [5, 5.41) is 10.4. The second-order valence-corrected chi connectivity index (χ2v) is 9.57. The number of carbonyl (C=O) groups excluding carboxylic acids is 1. The number of alkyl halides is 3. The molecule has 0 unspecified atom stereocenters. The number of carbonyl (C=O) groups is 1. The minimum Gasteiger partial charge on any atom is -0.378 e. The second-order valence-electron chi connectivity index (χ2n) is 9.57. The molecule has 3 heterocycles. The number of halogens is 4. The summed E-state index contributed by atoms with van der Waals surface area (Å²) >= 11 is 0. The number of benzene rings is 2. The van der Waals surface area contributed by atoms with E-state index in [1.54, 1.807) is 6.07 Å². The molecule has 13 heteroatoms. The molecular weight excluding hydrogens is 542 g/mol. The van der Waals surface area contributed by atoms with Gasteiger partial charge in [-0.3, -0.25) is 9.89 Å². The van der Waals surface area contributed by atoms with E-state index < -0.39 is 34.6 Å². The van der Waals surface area contributed by atoms with Crippen molar-refractivity contribution in [3.8, 4) is 11.1 Å². The largest absolute Gasteiger partial charge is 0.417 e. The Kier molecular flexibility index (Phi) is 7.88. The first-order chi connectivity index (χ1) is 19.6. The van der Waals surface area contributed by atoms with Crippen LogP contribution < -0.4 is 16.0 Å². The third kappa shape index (κ3) is 6.46. The van der Waals surface area contributed by atoms with Gasteiger partial charge in [0.15, 0.2) is 5.82 Å². The van der Waals surface area contributed by atoms with Crippen LogP contribution in [0.5, 0.6) is 0 Å². The van der Waals surface area contributed by atoms with E-state index in [0.29, 0.717) is 49.1 Å². The Balaban J connectivity index is 1.33. The number of H-pyrrole nitrogens is 1. The van der Waals surface area contributed by atoms with Crippen LogP contribution in [0.3, 0.4) is 0 Å². The summed E-state index contributed by atoms with van der Waals surface area (Å²) in [5.41, 5.74) is 4.20. The number of aromatic nitrogens is 4. The molecule has 0 radical (unpaired) electrons. The van der Waals surface area contributed by atoms with Gasteiger partial charge in [0.05, 0.1) is 18.8 Å². The number of hydrogen-bond donors (Lipinski definition) is 3. The van der Waals surface area contributed by atoms with Crippen molar-refractivity contribution in [2.24, 2.45) is 5.73 Å². The highest BCUT2D eigenvalue weighted by molar-refractivity contribution is 6.01. The Hall–Kier alpha value is -4.52. The lowest BCUT2D eigenvalue weighted by Gasteiger charge is -2.28. The molecule has 4 N–H and O–H groups in total. The average molecular weight is 570 g/mol. The molecule has 0 bridgehead atoms. The molecular formula is C28H27F4N7O2. The summed E-state index contributed by atoms with van der Waals surface area (Å²) in [6.45, 7) is 4.54. The van der Waals surface area contributed by atoms with Gasteiger partial charge in [-0.2, -0.15) is 18.3 Å². The molecule has 1 fully saturated rings. The number of ether oxygens (including phenoxy) is 1. The van der Waals surface area contributed by atoms with Gasteiger partial charge in [0.25, 0.3) is 0 Å². The molecule has 0 atom stereocenters. The van der Waals surface area contributed by atoms with Crippen LogP contribution in [-0.4, -0.2) is 52.4 Å². The molecule has 5 rings (SSSR count). The molecule has 0 saturated carbocycles. The summed E-state index contributed by atoms with van der Waals surface area (Å²) in [5.74, 6) is 0.524. The molecule has 2 aromatic carbocycles. The van der Waals surface area contributed by atoms with Gasteiger partial charge in [-0.15, -0.1) is 0 Å². The lowest BCUT2D eigenvalue weighted by atomic mass is 9.91. The summed E-state index contributed by atoms with van der Waals surface area (Å²) in [6.07, 6.45) is -4.01. The summed E-state index contributed by atoms with van der Waals surface area (Å²) in [6, 6.07) is 10.6. The van der Waals surface area contributed by atoms with E-state index in [1.165, 1.54) is 12.1 Å². The first kappa shape index (κ1) is 28.0. The maximum atomic E-state index is 14.9. The first-order valence-electron chi connectivity index (χ1n) is 12.9. The van der Waals surface area contributed by atoms with E-state index in [9.17, 15) is 22.4 Å². The van der Waals surface area contributed by atoms with Gasteiger partial charge in [0.2, 0.25) is 5.91 Å². The average Bonchev–Trinajstić information content (AvgIpc) is 3.39. The Bertz CT molecular complexity index is 1570. The number of morpholine rings is 1. The number of amides is 1. The zero-order valence-corrected chi connectivity index (χ0v) is 22.1. The topological polar surface area (TPSA) is 122 Å². The van der Waals surface area contributed by atoms with Gasteiger partial charge in [-0.1, -0.05) is 12.1 Å². The minimum atomic E-state index is -4.81. The number of nitrogens with two attached hydrogens (primary N) is 1. The van der Waals surface area contributed by atoms with Crippen molar-refractivity contribution in [2.75, 3.05) is 36.5 Å². The molecule has 2 aromatic heterocycles. The lowest BCUT2D eigenvalue weighted by Crippen LogP contribution is -2.36. The summed E-state index contributed by atoms with van der Waals surface area (Å²) in [4.78, 5) is 23.0. The molecule has 214 valence electrons. The second kappa shape index (κ2) is 11.5. The highest BCUT2D eigenvalue weighted by atomic mass is 19.4. The Morgan fingerprint density at radius 1 is 1.07 bits per heavy atom. The minimum absolute atomic E-state index is 0.341. The van der Waals surface area contributed by atoms with Crippen LogP contribution in [0.25, 0.3) is 11.1 Å². The maximum absolute atomic E-state index is 14.9. The van der Waals surface area contributed by atoms with Gasteiger partial charge in [-0.25, -0.2) is 14.4 Å². The van der Waals surface area contributed by atoms with Crippen molar-refractivity contribution in [1.82, 2.24) is 20.2 Å². The molecule has 1 aliphatic rings. The number of anilines is 3. The highest BCUT2D eigenvalue weighted by Gasteiger charge is 2.36. The number of aryl methyl sites for hydroxylation is 3. The number of rotatable bonds is 8. The number of primary amides is 1. The summed E-state index contributed by atoms with van der Waals surface area (Å²) < 4.78 is 61.6. The van der Waals surface area contributed by atoms with Crippen molar-refractivity contribution < 1.29 is 27.1 Å². The van der Waals surface area contributed by atoms with E-state index in [0.717, 1.165) is 48.9 Å². The lowest BCUT2D eigenvalue weighted by molar-refractivity contribution is -0.137. The van der Waals surface area contributed by atoms with Crippen LogP contribution in [0.1, 0.15) is 33.0 Å². The van der Waals surface area contributed by atoms with Crippen LogP contribution in [0.2, 0.25) is 0 Å².